The van der Waals surface area contributed by atoms with Gasteiger partial charge in [-0.05, 0) is 80.1 Å². The van der Waals surface area contributed by atoms with Gasteiger partial charge in [0, 0.05) is 40.9 Å². The third-order valence-corrected chi connectivity index (χ3v) is 8.34. The maximum absolute atomic E-state index is 13.9. The third kappa shape index (κ3) is 6.88. The topological polar surface area (TPSA) is 113 Å². The summed E-state index contributed by atoms with van der Waals surface area (Å²) in [6.07, 6.45) is -0.679. The van der Waals surface area contributed by atoms with Crippen molar-refractivity contribution in [2.45, 2.75) is 56.8 Å². The smallest absolute Gasteiger partial charge is 0.395 e. The number of carbonyl (C=O) groups excluding carboxylic acids is 2. The summed E-state index contributed by atoms with van der Waals surface area (Å²) < 4.78 is 54.5. The number of rotatable bonds is 8. The SMILES string of the molecule is CC1(OCCC(C(=O)Nc2ccc(C(N)=O)cc2)n2cc3c(cc2=O)-c2cc(Cl)ccc2CC(C(F)(F)F)CO3)CCC1. The van der Waals surface area contributed by atoms with Gasteiger partial charge >= 0.3 is 6.18 Å². The molecular formula is C31H31ClF3N3O5. The van der Waals surface area contributed by atoms with Gasteiger partial charge in [0.05, 0.1) is 17.7 Å². The van der Waals surface area contributed by atoms with Crippen LogP contribution in [0.25, 0.3) is 11.1 Å². The van der Waals surface area contributed by atoms with E-state index < -0.39 is 42.1 Å². The fourth-order valence-corrected chi connectivity index (χ4v) is 5.55. The molecule has 0 radical (unpaired) electrons. The lowest BCUT2D eigenvalue weighted by molar-refractivity contribution is -0.181. The number of carbonyl (C=O) groups is 2. The Bertz CT molecular complexity index is 1580. The average Bonchev–Trinajstić information content (AvgIpc) is 2.92. The van der Waals surface area contributed by atoms with Gasteiger partial charge in [0.15, 0.2) is 0 Å². The van der Waals surface area contributed by atoms with Crippen molar-refractivity contribution in [1.82, 2.24) is 4.57 Å². The Morgan fingerprint density at radius 1 is 1.16 bits per heavy atom. The Morgan fingerprint density at radius 3 is 2.51 bits per heavy atom. The summed E-state index contributed by atoms with van der Waals surface area (Å²) in [5, 5.41) is 3.04. The first-order chi connectivity index (χ1) is 20.3. The standard InChI is InChI=1S/C31H31ClF3N3O5/c1-30(10-2-11-30)43-12-9-25(29(41)37-22-7-4-18(5-8-22)28(36)40)38-16-26-24(15-27(38)39)23-14-21(32)6-3-19(23)13-20(17-42-26)31(33,34)35/h3-8,14-16,20,25H,2,9-13,17H2,1H3,(H2,36,40)(H,37,41). The molecule has 2 amide bonds. The van der Waals surface area contributed by atoms with E-state index in [1.54, 1.807) is 0 Å². The summed E-state index contributed by atoms with van der Waals surface area (Å²) in [6, 6.07) is 10.6. The van der Waals surface area contributed by atoms with E-state index in [4.69, 9.17) is 26.8 Å². The molecule has 1 aromatic heterocycles. The molecule has 2 aromatic carbocycles. The molecule has 3 N–H and O–H groups in total. The van der Waals surface area contributed by atoms with E-state index in [0.717, 1.165) is 23.8 Å². The molecule has 2 heterocycles. The lowest BCUT2D eigenvalue weighted by Gasteiger charge is -2.38. The Kier molecular flexibility index (Phi) is 8.58. The molecule has 8 nitrogen and oxygen atoms in total. The number of pyridine rings is 1. The largest absolute Gasteiger partial charge is 0.491 e. The maximum atomic E-state index is 13.9. The quantitative estimate of drug-likeness (QED) is 0.326. The minimum atomic E-state index is -4.52. The van der Waals surface area contributed by atoms with Gasteiger partial charge in [0.25, 0.3) is 5.56 Å². The Balaban J connectivity index is 1.52. The summed E-state index contributed by atoms with van der Waals surface area (Å²) in [4.78, 5) is 38.6. The van der Waals surface area contributed by atoms with Gasteiger partial charge in [-0.2, -0.15) is 13.2 Å². The minimum absolute atomic E-state index is 0.0209. The predicted molar refractivity (Wildman–Crippen MR) is 155 cm³/mol. The molecule has 2 unspecified atom stereocenters. The molecule has 12 heteroatoms. The number of aromatic nitrogens is 1. The van der Waals surface area contributed by atoms with Crippen LogP contribution in [0, 0.1) is 5.92 Å². The van der Waals surface area contributed by atoms with Crippen LogP contribution in [0.4, 0.5) is 18.9 Å². The van der Waals surface area contributed by atoms with Crippen molar-refractivity contribution in [3.05, 3.63) is 81.2 Å². The molecule has 1 fully saturated rings. The summed E-state index contributed by atoms with van der Waals surface area (Å²) in [5.74, 6) is -2.95. The Morgan fingerprint density at radius 2 is 1.88 bits per heavy atom. The fraction of sp³-hybridized carbons (Fsp3) is 0.387. The van der Waals surface area contributed by atoms with E-state index in [-0.39, 0.29) is 36.4 Å². The molecule has 1 aliphatic carbocycles. The second-order valence-corrected chi connectivity index (χ2v) is 11.7. The van der Waals surface area contributed by atoms with Gasteiger partial charge in [0.2, 0.25) is 11.8 Å². The number of anilines is 1. The molecule has 0 spiro atoms. The highest BCUT2D eigenvalue weighted by Crippen LogP contribution is 2.40. The van der Waals surface area contributed by atoms with Gasteiger partial charge < -0.3 is 20.5 Å². The molecule has 1 aliphatic heterocycles. The lowest BCUT2D eigenvalue weighted by Crippen LogP contribution is -2.39. The molecule has 0 bridgehead atoms. The summed E-state index contributed by atoms with van der Waals surface area (Å²) in [5.41, 5.74) is 6.08. The molecule has 228 valence electrons. The van der Waals surface area contributed by atoms with Crippen molar-refractivity contribution in [1.29, 1.82) is 0 Å². The monoisotopic (exact) mass is 617 g/mol. The van der Waals surface area contributed by atoms with Crippen LogP contribution < -0.4 is 21.3 Å². The minimum Gasteiger partial charge on any atom is -0.491 e. The number of nitrogens with zero attached hydrogens (tertiary/aromatic N) is 1. The van der Waals surface area contributed by atoms with Crippen LogP contribution in [0.1, 0.15) is 54.6 Å². The number of amides is 2. The second kappa shape index (κ2) is 12.0. The number of ether oxygens (including phenoxy) is 2. The van der Waals surface area contributed by atoms with Crippen LogP contribution >= 0.6 is 11.6 Å². The zero-order chi connectivity index (χ0) is 30.9. The summed E-state index contributed by atoms with van der Waals surface area (Å²) >= 11 is 6.20. The van der Waals surface area contributed by atoms with Gasteiger partial charge in [-0.25, -0.2) is 0 Å². The van der Waals surface area contributed by atoms with Gasteiger partial charge in [-0.1, -0.05) is 17.7 Å². The van der Waals surface area contributed by atoms with Crippen molar-refractivity contribution >= 4 is 29.1 Å². The number of fused-ring (bicyclic) bond motifs is 3. The maximum Gasteiger partial charge on any atom is 0.395 e. The molecule has 2 atom stereocenters. The van der Waals surface area contributed by atoms with E-state index in [1.807, 2.05) is 6.92 Å². The summed E-state index contributed by atoms with van der Waals surface area (Å²) in [6.45, 7) is 1.48. The van der Waals surface area contributed by atoms with Crippen molar-refractivity contribution in [3.8, 4) is 16.9 Å². The van der Waals surface area contributed by atoms with E-state index in [0.29, 0.717) is 27.4 Å². The Hall–Kier alpha value is -3.83. The first-order valence-corrected chi connectivity index (χ1v) is 14.3. The second-order valence-electron chi connectivity index (χ2n) is 11.2. The van der Waals surface area contributed by atoms with Crippen LogP contribution in [0.15, 0.2) is 59.5 Å². The number of hydrogen-bond donors (Lipinski definition) is 2. The molecule has 3 aromatic rings. The molecular weight excluding hydrogens is 587 g/mol. The number of nitrogens with two attached hydrogens (primary N) is 1. The molecule has 43 heavy (non-hydrogen) atoms. The van der Waals surface area contributed by atoms with Gasteiger partial charge in [-0.3, -0.25) is 19.0 Å². The van der Waals surface area contributed by atoms with Crippen LogP contribution in [0.3, 0.4) is 0 Å². The lowest BCUT2D eigenvalue weighted by atomic mass is 9.82. The number of nitrogens with one attached hydrogen (secondary N) is 1. The van der Waals surface area contributed by atoms with Crippen molar-refractivity contribution in [2.24, 2.45) is 11.7 Å². The van der Waals surface area contributed by atoms with Crippen LogP contribution in [-0.4, -0.2) is 41.4 Å². The van der Waals surface area contributed by atoms with Crippen LogP contribution in [0.5, 0.6) is 5.75 Å². The number of hydrogen-bond acceptors (Lipinski definition) is 5. The molecule has 2 aliphatic rings. The van der Waals surface area contributed by atoms with Crippen LogP contribution in [-0.2, 0) is 16.0 Å². The van der Waals surface area contributed by atoms with E-state index in [2.05, 4.69) is 5.32 Å². The van der Waals surface area contributed by atoms with Crippen molar-refractivity contribution in [3.63, 3.8) is 0 Å². The van der Waals surface area contributed by atoms with Gasteiger partial charge in [0.1, 0.15) is 18.4 Å². The zero-order valence-corrected chi connectivity index (χ0v) is 24.1. The molecule has 1 saturated carbocycles. The first-order valence-electron chi connectivity index (χ1n) is 13.9. The number of halogens is 4. The summed E-state index contributed by atoms with van der Waals surface area (Å²) in [7, 11) is 0. The Labute approximate surface area is 250 Å². The average molecular weight is 618 g/mol. The van der Waals surface area contributed by atoms with E-state index in [1.165, 1.54) is 54.7 Å². The van der Waals surface area contributed by atoms with E-state index in [9.17, 15) is 27.6 Å². The molecule has 0 saturated heterocycles. The predicted octanol–water partition coefficient (Wildman–Crippen LogP) is 5.91. The first kappa shape index (κ1) is 30.6. The fourth-order valence-electron chi connectivity index (χ4n) is 5.38. The van der Waals surface area contributed by atoms with Crippen molar-refractivity contribution in [2.75, 3.05) is 18.5 Å². The van der Waals surface area contributed by atoms with Crippen molar-refractivity contribution < 1.29 is 32.2 Å². The zero-order valence-electron chi connectivity index (χ0n) is 23.4. The molecule has 5 rings (SSSR count). The highest BCUT2D eigenvalue weighted by atomic mass is 35.5. The van der Waals surface area contributed by atoms with Crippen LogP contribution in [0.2, 0.25) is 5.02 Å². The normalized spacial score (nSPS) is 18.1. The van der Waals surface area contributed by atoms with Gasteiger partial charge in [-0.15, -0.1) is 0 Å². The number of primary amides is 1. The number of benzene rings is 2. The third-order valence-electron chi connectivity index (χ3n) is 8.10. The van der Waals surface area contributed by atoms with E-state index >= 15 is 0 Å². The highest BCUT2D eigenvalue weighted by molar-refractivity contribution is 6.30. The highest BCUT2D eigenvalue weighted by Gasteiger charge is 2.41. The number of alkyl halides is 3.